The SMILES string of the molecule is N#Cc1c(NC(=O)CN2c3cccc4cccc(c34)S2(=O)=O)sc2c1CCCC2. The minimum absolute atomic E-state index is 0.225. The van der Waals surface area contributed by atoms with Crippen molar-refractivity contribution in [2.75, 3.05) is 16.2 Å². The fraction of sp³-hybridized carbons (Fsp3) is 0.238. The van der Waals surface area contributed by atoms with Gasteiger partial charge in [0.05, 0.1) is 16.1 Å². The molecule has 2 aromatic carbocycles. The molecule has 1 amide bonds. The van der Waals surface area contributed by atoms with Crippen LogP contribution in [0, 0.1) is 11.3 Å². The number of nitrogens with zero attached hydrogens (tertiary/aromatic N) is 2. The van der Waals surface area contributed by atoms with Gasteiger partial charge < -0.3 is 5.32 Å². The molecule has 0 fully saturated rings. The third kappa shape index (κ3) is 2.73. The zero-order valence-electron chi connectivity index (χ0n) is 15.4. The summed E-state index contributed by atoms with van der Waals surface area (Å²) in [6.45, 7) is -0.330. The number of nitrogens with one attached hydrogen (secondary N) is 1. The Kier molecular flexibility index (Phi) is 4.12. The summed E-state index contributed by atoms with van der Waals surface area (Å²) < 4.78 is 27.2. The molecule has 2 heterocycles. The number of amides is 1. The highest BCUT2D eigenvalue weighted by molar-refractivity contribution is 7.93. The highest BCUT2D eigenvalue weighted by Gasteiger charge is 2.36. The van der Waals surface area contributed by atoms with E-state index in [-0.39, 0.29) is 11.4 Å². The molecule has 146 valence electrons. The van der Waals surface area contributed by atoms with Crippen LogP contribution < -0.4 is 9.62 Å². The van der Waals surface area contributed by atoms with Crippen LogP contribution in [0.4, 0.5) is 10.7 Å². The number of nitriles is 1. The number of rotatable bonds is 3. The average molecular weight is 424 g/mol. The number of aryl methyl sites for hydroxylation is 1. The molecule has 3 aromatic rings. The molecule has 0 radical (unpaired) electrons. The minimum atomic E-state index is -3.79. The van der Waals surface area contributed by atoms with Gasteiger partial charge in [-0.15, -0.1) is 11.3 Å². The Morgan fingerprint density at radius 3 is 2.72 bits per heavy atom. The molecular formula is C21H17N3O3S2. The molecule has 8 heteroatoms. The molecule has 5 rings (SSSR count). The van der Waals surface area contributed by atoms with Crippen LogP contribution in [-0.4, -0.2) is 20.9 Å². The monoisotopic (exact) mass is 423 g/mol. The number of thiophene rings is 1. The predicted molar refractivity (Wildman–Crippen MR) is 113 cm³/mol. The molecule has 0 saturated heterocycles. The Hall–Kier alpha value is -2.89. The standard InChI is InChI=1S/C21H17N3O3S2/c22-11-15-14-7-1-2-9-17(14)28-21(15)23-19(25)12-24-16-8-3-5-13-6-4-10-18(20(13)16)29(24,26)27/h3-6,8,10H,1-2,7,9,12H2,(H,23,25). The van der Waals surface area contributed by atoms with Gasteiger partial charge in [-0.3, -0.25) is 9.10 Å². The van der Waals surface area contributed by atoms with E-state index in [0.29, 0.717) is 21.6 Å². The lowest BCUT2D eigenvalue weighted by Gasteiger charge is -2.18. The number of hydrogen-bond donors (Lipinski definition) is 1. The molecule has 1 aliphatic heterocycles. The second-order valence-electron chi connectivity index (χ2n) is 7.22. The zero-order chi connectivity index (χ0) is 20.2. The summed E-state index contributed by atoms with van der Waals surface area (Å²) in [5.41, 5.74) is 2.07. The van der Waals surface area contributed by atoms with Gasteiger partial charge in [-0.05, 0) is 48.8 Å². The van der Waals surface area contributed by atoms with Crippen LogP contribution in [-0.2, 0) is 27.7 Å². The Bertz CT molecular complexity index is 1310. The van der Waals surface area contributed by atoms with Crippen molar-refractivity contribution < 1.29 is 13.2 Å². The van der Waals surface area contributed by atoms with Crippen molar-refractivity contribution in [1.29, 1.82) is 5.26 Å². The lowest BCUT2D eigenvalue weighted by molar-refractivity contribution is -0.114. The number of anilines is 2. The van der Waals surface area contributed by atoms with E-state index < -0.39 is 15.9 Å². The third-order valence-electron chi connectivity index (χ3n) is 5.50. The normalized spacial score (nSPS) is 16.4. The van der Waals surface area contributed by atoms with E-state index in [2.05, 4.69) is 11.4 Å². The fourth-order valence-corrected chi connectivity index (χ4v) is 7.12. The topological polar surface area (TPSA) is 90.3 Å². The second kappa shape index (κ2) is 6.58. The highest BCUT2D eigenvalue weighted by Crippen LogP contribution is 2.42. The molecule has 6 nitrogen and oxygen atoms in total. The van der Waals surface area contributed by atoms with Crippen molar-refractivity contribution in [2.24, 2.45) is 0 Å². The van der Waals surface area contributed by atoms with Crippen molar-refractivity contribution in [1.82, 2.24) is 0 Å². The summed E-state index contributed by atoms with van der Waals surface area (Å²) >= 11 is 1.43. The van der Waals surface area contributed by atoms with E-state index in [0.717, 1.165) is 45.8 Å². The Balaban J connectivity index is 1.46. The van der Waals surface area contributed by atoms with Crippen molar-refractivity contribution in [3.8, 4) is 6.07 Å². The number of fused-ring (bicyclic) bond motifs is 1. The molecule has 1 aromatic heterocycles. The summed E-state index contributed by atoms with van der Waals surface area (Å²) in [6.07, 6.45) is 3.89. The summed E-state index contributed by atoms with van der Waals surface area (Å²) in [4.78, 5) is 14.2. The number of benzene rings is 2. The molecule has 0 spiro atoms. The van der Waals surface area contributed by atoms with Crippen LogP contribution in [0.1, 0.15) is 28.8 Å². The van der Waals surface area contributed by atoms with Crippen molar-refractivity contribution in [3.63, 3.8) is 0 Å². The molecule has 0 atom stereocenters. The van der Waals surface area contributed by atoms with Crippen LogP contribution in [0.15, 0.2) is 41.3 Å². The predicted octanol–water partition coefficient (Wildman–Crippen LogP) is 3.80. The maximum atomic E-state index is 13.0. The maximum absolute atomic E-state index is 13.0. The van der Waals surface area contributed by atoms with E-state index in [9.17, 15) is 18.5 Å². The molecule has 0 saturated carbocycles. The quantitative estimate of drug-likeness (QED) is 0.694. The van der Waals surface area contributed by atoms with Crippen LogP contribution in [0.25, 0.3) is 10.8 Å². The zero-order valence-corrected chi connectivity index (χ0v) is 17.1. The number of sulfonamides is 1. The minimum Gasteiger partial charge on any atom is -0.315 e. The van der Waals surface area contributed by atoms with Gasteiger partial charge in [-0.1, -0.05) is 24.3 Å². The molecular weight excluding hydrogens is 406 g/mol. The van der Waals surface area contributed by atoms with Gasteiger partial charge in [0.15, 0.2) is 0 Å². The molecule has 1 N–H and O–H groups in total. The van der Waals surface area contributed by atoms with Gasteiger partial charge in [0.1, 0.15) is 17.6 Å². The first-order chi connectivity index (χ1) is 14.0. The Morgan fingerprint density at radius 1 is 1.17 bits per heavy atom. The van der Waals surface area contributed by atoms with Gasteiger partial charge in [-0.25, -0.2) is 8.42 Å². The van der Waals surface area contributed by atoms with Crippen molar-refractivity contribution in [3.05, 3.63) is 52.4 Å². The van der Waals surface area contributed by atoms with Crippen molar-refractivity contribution >= 4 is 48.7 Å². The highest BCUT2D eigenvalue weighted by atomic mass is 32.2. The number of hydrogen-bond acceptors (Lipinski definition) is 5. The van der Waals surface area contributed by atoms with Gasteiger partial charge in [0, 0.05) is 10.3 Å². The van der Waals surface area contributed by atoms with E-state index in [1.54, 1.807) is 24.3 Å². The second-order valence-corrected chi connectivity index (χ2v) is 10.2. The van der Waals surface area contributed by atoms with Crippen LogP contribution in [0.3, 0.4) is 0 Å². The Morgan fingerprint density at radius 2 is 1.93 bits per heavy atom. The molecule has 1 aliphatic carbocycles. The number of carbonyl (C=O) groups excluding carboxylic acids is 1. The summed E-state index contributed by atoms with van der Waals surface area (Å²) in [5.74, 6) is -0.450. The third-order valence-corrected chi connectivity index (χ3v) is 8.51. The van der Waals surface area contributed by atoms with Crippen LogP contribution >= 0.6 is 11.3 Å². The first kappa shape index (κ1) is 18.2. The smallest absolute Gasteiger partial charge is 0.265 e. The molecule has 29 heavy (non-hydrogen) atoms. The van der Waals surface area contributed by atoms with Gasteiger partial charge in [0.2, 0.25) is 5.91 Å². The lowest BCUT2D eigenvalue weighted by Crippen LogP contribution is -2.35. The summed E-state index contributed by atoms with van der Waals surface area (Å²) in [5, 5.41) is 14.3. The first-order valence-electron chi connectivity index (χ1n) is 9.39. The maximum Gasteiger partial charge on any atom is 0.265 e. The van der Waals surface area contributed by atoms with E-state index in [1.807, 2.05) is 12.1 Å². The summed E-state index contributed by atoms with van der Waals surface area (Å²) in [7, 11) is -3.79. The average Bonchev–Trinajstić information content (AvgIpc) is 3.17. The van der Waals surface area contributed by atoms with Crippen LogP contribution in [0.5, 0.6) is 0 Å². The van der Waals surface area contributed by atoms with Gasteiger partial charge >= 0.3 is 0 Å². The summed E-state index contributed by atoms with van der Waals surface area (Å²) in [6, 6.07) is 12.7. The lowest BCUT2D eigenvalue weighted by atomic mass is 9.96. The molecule has 2 aliphatic rings. The van der Waals surface area contributed by atoms with Crippen LogP contribution in [0.2, 0.25) is 0 Å². The first-order valence-corrected chi connectivity index (χ1v) is 11.7. The Labute approximate surface area is 172 Å². The van der Waals surface area contributed by atoms with Gasteiger partial charge in [-0.2, -0.15) is 5.26 Å². The largest absolute Gasteiger partial charge is 0.315 e. The van der Waals surface area contributed by atoms with E-state index in [1.165, 1.54) is 11.3 Å². The van der Waals surface area contributed by atoms with E-state index >= 15 is 0 Å². The van der Waals surface area contributed by atoms with Crippen molar-refractivity contribution in [2.45, 2.75) is 30.6 Å². The fourth-order valence-electron chi connectivity index (χ4n) is 4.20. The van der Waals surface area contributed by atoms with Gasteiger partial charge in [0.25, 0.3) is 10.0 Å². The molecule has 0 unspecified atom stereocenters. The van der Waals surface area contributed by atoms with E-state index in [4.69, 9.17) is 0 Å². The molecule has 0 bridgehead atoms. The number of carbonyl (C=O) groups is 1.